The van der Waals surface area contributed by atoms with Crippen LogP contribution in [-0.4, -0.2) is 47.8 Å². The predicted molar refractivity (Wildman–Crippen MR) is 86.1 cm³/mol. The van der Waals surface area contributed by atoms with Gasteiger partial charge in [-0.1, -0.05) is 27.2 Å². The van der Waals surface area contributed by atoms with Gasteiger partial charge in [-0.15, -0.1) is 0 Å². The van der Waals surface area contributed by atoms with Gasteiger partial charge in [0.2, 0.25) is 0 Å². The number of aromatic nitrogens is 1. The average Bonchev–Trinajstić information content (AvgIpc) is 2.51. The maximum Gasteiger partial charge on any atom is 0.273 e. The molecule has 0 aliphatic heterocycles. The molecule has 0 spiro atoms. The lowest BCUT2D eigenvalue weighted by Crippen LogP contribution is -2.35. The lowest BCUT2D eigenvalue weighted by Gasteiger charge is -2.16. The summed E-state index contributed by atoms with van der Waals surface area (Å²) >= 11 is 0. The van der Waals surface area contributed by atoms with Crippen LogP contribution in [0.25, 0.3) is 0 Å². The minimum absolute atomic E-state index is 0.112. The Morgan fingerprint density at radius 3 is 2.91 bits per heavy atom. The van der Waals surface area contributed by atoms with E-state index in [-0.39, 0.29) is 18.2 Å². The predicted octanol–water partition coefficient (Wildman–Crippen LogP) is 1.35. The largest absolute Gasteiger partial charge is 0.488 e. The molecule has 0 bridgehead atoms. The smallest absolute Gasteiger partial charge is 0.273 e. The summed E-state index contributed by atoms with van der Waals surface area (Å²) in [4.78, 5) is 16.1. The van der Waals surface area contributed by atoms with E-state index in [0.717, 1.165) is 12.8 Å². The molecule has 1 rings (SSSR count). The van der Waals surface area contributed by atoms with Gasteiger partial charge in [0.1, 0.15) is 12.7 Å². The fourth-order valence-electron chi connectivity index (χ4n) is 1.76. The van der Waals surface area contributed by atoms with E-state index in [1.54, 1.807) is 18.3 Å². The third-order valence-corrected chi connectivity index (χ3v) is 2.99. The maximum atomic E-state index is 12.1. The van der Waals surface area contributed by atoms with Crippen molar-refractivity contribution in [2.45, 2.75) is 45.8 Å². The van der Waals surface area contributed by atoms with Gasteiger partial charge in [0.25, 0.3) is 5.91 Å². The summed E-state index contributed by atoms with van der Waals surface area (Å²) in [7, 11) is 0. The van der Waals surface area contributed by atoms with Crippen molar-refractivity contribution in [2.75, 3.05) is 19.7 Å². The Balaban J connectivity index is 2.54. The summed E-state index contributed by atoms with van der Waals surface area (Å²) in [6, 6.07) is 3.69. The topological polar surface area (TPSA) is 83.5 Å². The molecule has 1 aromatic rings. The number of unbranched alkanes of at least 4 members (excludes halogenated alkanes) is 1. The maximum absolute atomic E-state index is 12.1. The second-order valence-corrected chi connectivity index (χ2v) is 5.49. The number of amides is 1. The van der Waals surface area contributed by atoms with E-state index >= 15 is 0 Å². The first-order valence-electron chi connectivity index (χ1n) is 7.82. The van der Waals surface area contributed by atoms with Gasteiger partial charge >= 0.3 is 0 Å². The number of nitrogens with zero attached hydrogens (tertiary/aromatic N) is 1. The highest BCUT2D eigenvalue weighted by atomic mass is 16.5. The van der Waals surface area contributed by atoms with Gasteiger partial charge in [-0.2, -0.15) is 0 Å². The molecular formula is C16H27N3O3. The van der Waals surface area contributed by atoms with E-state index in [0.29, 0.717) is 24.9 Å². The fourth-order valence-corrected chi connectivity index (χ4v) is 1.76. The van der Waals surface area contributed by atoms with Crippen LogP contribution >= 0.6 is 0 Å². The summed E-state index contributed by atoms with van der Waals surface area (Å²) in [5, 5.41) is 15.8. The molecule has 0 aliphatic rings. The van der Waals surface area contributed by atoms with Gasteiger partial charge in [0.15, 0.2) is 11.4 Å². The molecule has 0 aromatic carbocycles. The van der Waals surface area contributed by atoms with Crippen LogP contribution < -0.4 is 15.4 Å². The molecule has 0 radical (unpaired) electrons. The van der Waals surface area contributed by atoms with Gasteiger partial charge in [0.05, 0.1) is 0 Å². The van der Waals surface area contributed by atoms with Gasteiger partial charge in [-0.3, -0.25) is 4.79 Å². The number of aliphatic hydroxyl groups is 1. The second kappa shape index (κ2) is 10.1. The zero-order chi connectivity index (χ0) is 16.4. The Kier molecular flexibility index (Phi) is 8.47. The molecule has 1 unspecified atom stereocenters. The summed E-state index contributed by atoms with van der Waals surface area (Å²) in [6.07, 6.45) is 2.85. The summed E-state index contributed by atoms with van der Waals surface area (Å²) in [5.41, 5.74) is 0.252. The second-order valence-electron chi connectivity index (χ2n) is 5.49. The van der Waals surface area contributed by atoms with Crippen LogP contribution in [-0.2, 0) is 0 Å². The highest BCUT2D eigenvalue weighted by Crippen LogP contribution is 2.15. The highest BCUT2D eigenvalue weighted by Gasteiger charge is 2.15. The van der Waals surface area contributed by atoms with Crippen LogP contribution in [0.15, 0.2) is 18.3 Å². The standard InChI is InChI=1S/C16H27N3O3/c1-4-5-8-18-16(21)15-14(7-6-9-17-15)22-11-13(20)10-19-12(2)3/h6-7,9,12-13,19-20H,4-5,8,10-11H2,1-3H3,(H,18,21). The first-order chi connectivity index (χ1) is 10.5. The van der Waals surface area contributed by atoms with E-state index in [9.17, 15) is 9.90 Å². The van der Waals surface area contributed by atoms with E-state index in [2.05, 4.69) is 22.5 Å². The quantitative estimate of drug-likeness (QED) is 0.568. The molecular weight excluding hydrogens is 282 g/mol. The summed E-state index contributed by atoms with van der Waals surface area (Å²) < 4.78 is 5.55. The van der Waals surface area contributed by atoms with Crippen molar-refractivity contribution in [1.29, 1.82) is 0 Å². The Labute approximate surface area is 132 Å². The summed E-state index contributed by atoms with van der Waals surface area (Å²) in [5.74, 6) is 0.138. The number of hydrogen-bond donors (Lipinski definition) is 3. The van der Waals surface area contributed by atoms with Crippen molar-refractivity contribution >= 4 is 5.91 Å². The van der Waals surface area contributed by atoms with Crippen LogP contribution in [0.3, 0.4) is 0 Å². The summed E-state index contributed by atoms with van der Waals surface area (Å²) in [6.45, 7) is 7.25. The first-order valence-corrected chi connectivity index (χ1v) is 7.82. The minimum atomic E-state index is -0.640. The molecule has 0 aliphatic carbocycles. The van der Waals surface area contributed by atoms with Crippen molar-refractivity contribution in [3.63, 3.8) is 0 Å². The van der Waals surface area contributed by atoms with Crippen LogP contribution in [0.4, 0.5) is 0 Å². The van der Waals surface area contributed by atoms with Crippen molar-refractivity contribution < 1.29 is 14.6 Å². The molecule has 6 nitrogen and oxygen atoms in total. The number of aliphatic hydroxyl groups excluding tert-OH is 1. The fraction of sp³-hybridized carbons (Fsp3) is 0.625. The van der Waals surface area contributed by atoms with Crippen LogP contribution in [0.2, 0.25) is 0 Å². The van der Waals surface area contributed by atoms with Crippen molar-refractivity contribution in [1.82, 2.24) is 15.6 Å². The molecule has 1 aromatic heterocycles. The minimum Gasteiger partial charge on any atom is -0.488 e. The van der Waals surface area contributed by atoms with Crippen LogP contribution in [0.1, 0.15) is 44.1 Å². The number of ether oxygens (including phenoxy) is 1. The molecule has 1 atom stereocenters. The van der Waals surface area contributed by atoms with Crippen molar-refractivity contribution in [3.05, 3.63) is 24.0 Å². The molecule has 1 amide bonds. The third-order valence-electron chi connectivity index (χ3n) is 2.99. The molecule has 0 saturated carbocycles. The van der Waals surface area contributed by atoms with Crippen LogP contribution in [0.5, 0.6) is 5.75 Å². The Hall–Kier alpha value is -1.66. The zero-order valence-electron chi connectivity index (χ0n) is 13.6. The molecule has 0 fully saturated rings. The van der Waals surface area contributed by atoms with Gasteiger partial charge in [0, 0.05) is 25.3 Å². The Morgan fingerprint density at radius 2 is 2.23 bits per heavy atom. The molecule has 0 saturated heterocycles. The Bertz CT molecular complexity index is 452. The molecule has 1 heterocycles. The normalized spacial score (nSPS) is 12.2. The number of nitrogens with one attached hydrogen (secondary N) is 2. The number of hydrogen-bond acceptors (Lipinski definition) is 5. The molecule has 3 N–H and O–H groups in total. The van der Waals surface area contributed by atoms with E-state index in [1.807, 2.05) is 13.8 Å². The third kappa shape index (κ3) is 6.87. The Morgan fingerprint density at radius 1 is 1.45 bits per heavy atom. The molecule has 6 heteroatoms. The number of carbonyl (C=O) groups is 1. The number of rotatable bonds is 10. The SMILES string of the molecule is CCCCNC(=O)c1ncccc1OCC(O)CNC(C)C. The van der Waals surface area contributed by atoms with Crippen molar-refractivity contribution in [3.8, 4) is 5.75 Å². The van der Waals surface area contributed by atoms with Crippen molar-refractivity contribution in [2.24, 2.45) is 0 Å². The monoisotopic (exact) mass is 309 g/mol. The molecule has 124 valence electrons. The van der Waals surface area contributed by atoms with Gasteiger partial charge < -0.3 is 20.5 Å². The molecule has 22 heavy (non-hydrogen) atoms. The lowest BCUT2D eigenvalue weighted by atomic mass is 10.3. The van der Waals surface area contributed by atoms with Gasteiger partial charge in [-0.25, -0.2) is 4.98 Å². The lowest BCUT2D eigenvalue weighted by molar-refractivity contribution is 0.0915. The zero-order valence-corrected chi connectivity index (χ0v) is 13.6. The van der Waals surface area contributed by atoms with Crippen LogP contribution in [0, 0.1) is 0 Å². The first kappa shape index (κ1) is 18.4. The van der Waals surface area contributed by atoms with Gasteiger partial charge in [-0.05, 0) is 18.6 Å². The number of carbonyl (C=O) groups excluding carboxylic acids is 1. The van der Waals surface area contributed by atoms with E-state index in [1.165, 1.54) is 0 Å². The highest BCUT2D eigenvalue weighted by molar-refractivity contribution is 5.94. The number of pyridine rings is 1. The van der Waals surface area contributed by atoms with E-state index < -0.39 is 6.10 Å². The van der Waals surface area contributed by atoms with E-state index in [4.69, 9.17) is 4.74 Å². The average molecular weight is 309 g/mol.